The van der Waals surface area contributed by atoms with Crippen LogP contribution in [0.1, 0.15) is 37.1 Å². The zero-order valence-electron chi connectivity index (χ0n) is 11.7. The maximum atomic E-state index is 12.9. The SMILES string of the molecule is Cc1csc(CN)c1S(=O)(=O)N(CC1CC1)C(C)C. The molecule has 2 N–H and O–H groups in total. The molecule has 1 fully saturated rings. The van der Waals surface area contributed by atoms with E-state index in [4.69, 9.17) is 5.73 Å². The van der Waals surface area contributed by atoms with Gasteiger partial charge in [-0.2, -0.15) is 4.31 Å². The largest absolute Gasteiger partial charge is 0.326 e. The van der Waals surface area contributed by atoms with Crippen molar-refractivity contribution in [1.82, 2.24) is 4.31 Å². The minimum Gasteiger partial charge on any atom is -0.326 e. The van der Waals surface area contributed by atoms with Crippen molar-refractivity contribution in [3.05, 3.63) is 15.8 Å². The molecule has 0 spiro atoms. The molecular formula is C13H22N2O2S2. The van der Waals surface area contributed by atoms with E-state index in [1.807, 2.05) is 26.2 Å². The third-order valence-electron chi connectivity index (χ3n) is 3.45. The summed E-state index contributed by atoms with van der Waals surface area (Å²) in [6.45, 7) is 6.63. The number of nitrogens with two attached hydrogens (primary N) is 1. The highest BCUT2D eigenvalue weighted by molar-refractivity contribution is 7.89. The van der Waals surface area contributed by atoms with Crippen molar-refractivity contribution < 1.29 is 8.42 Å². The van der Waals surface area contributed by atoms with Gasteiger partial charge in [0.1, 0.15) is 4.90 Å². The van der Waals surface area contributed by atoms with E-state index in [0.29, 0.717) is 17.4 Å². The standard InChI is InChI=1S/C13H22N2O2S2/c1-9(2)15(7-11-4-5-11)19(16,17)13-10(3)8-18-12(13)6-14/h8-9,11H,4-7,14H2,1-3H3. The minimum atomic E-state index is -3.42. The molecule has 0 aromatic carbocycles. The van der Waals surface area contributed by atoms with Crippen LogP contribution in [0, 0.1) is 12.8 Å². The third kappa shape index (κ3) is 3.02. The number of hydrogen-bond donors (Lipinski definition) is 1. The second-order valence-corrected chi connectivity index (χ2v) is 8.28. The maximum absolute atomic E-state index is 12.9. The van der Waals surface area contributed by atoms with Crippen LogP contribution in [0.25, 0.3) is 0 Å². The lowest BCUT2D eigenvalue weighted by molar-refractivity contribution is 0.341. The summed E-state index contributed by atoms with van der Waals surface area (Å²) in [5.74, 6) is 0.539. The van der Waals surface area contributed by atoms with Gasteiger partial charge in [0.05, 0.1) is 0 Å². The topological polar surface area (TPSA) is 63.4 Å². The average molecular weight is 302 g/mol. The number of nitrogens with zero attached hydrogens (tertiary/aromatic N) is 1. The molecule has 1 aliphatic rings. The second kappa shape index (κ2) is 5.52. The summed E-state index contributed by atoms with van der Waals surface area (Å²) in [5.41, 5.74) is 6.49. The maximum Gasteiger partial charge on any atom is 0.244 e. The number of sulfonamides is 1. The van der Waals surface area contributed by atoms with Gasteiger partial charge in [-0.05, 0) is 50.5 Å². The number of thiophene rings is 1. The molecule has 0 amide bonds. The molecule has 1 aliphatic carbocycles. The Bertz CT molecular complexity index is 545. The third-order valence-corrected chi connectivity index (χ3v) is 6.98. The predicted molar refractivity (Wildman–Crippen MR) is 78.7 cm³/mol. The van der Waals surface area contributed by atoms with Crippen LogP contribution in [0.2, 0.25) is 0 Å². The van der Waals surface area contributed by atoms with E-state index < -0.39 is 10.0 Å². The molecule has 0 aliphatic heterocycles. The van der Waals surface area contributed by atoms with E-state index in [9.17, 15) is 8.42 Å². The molecule has 1 aromatic heterocycles. The predicted octanol–water partition coefficient (Wildman–Crippen LogP) is 2.32. The Labute approximate surface area is 119 Å². The van der Waals surface area contributed by atoms with Gasteiger partial charge >= 0.3 is 0 Å². The summed E-state index contributed by atoms with van der Waals surface area (Å²) in [7, 11) is -3.42. The molecule has 19 heavy (non-hydrogen) atoms. The highest BCUT2D eigenvalue weighted by atomic mass is 32.2. The van der Waals surface area contributed by atoms with Crippen LogP contribution in [0.15, 0.2) is 10.3 Å². The van der Waals surface area contributed by atoms with Crippen molar-refractivity contribution in [3.8, 4) is 0 Å². The molecule has 0 saturated heterocycles. The molecule has 2 rings (SSSR count). The van der Waals surface area contributed by atoms with E-state index in [1.54, 1.807) is 4.31 Å². The quantitative estimate of drug-likeness (QED) is 0.877. The molecule has 1 saturated carbocycles. The highest BCUT2D eigenvalue weighted by Gasteiger charge is 2.35. The van der Waals surface area contributed by atoms with E-state index in [0.717, 1.165) is 23.3 Å². The fourth-order valence-electron chi connectivity index (χ4n) is 2.23. The van der Waals surface area contributed by atoms with Crippen molar-refractivity contribution >= 4 is 21.4 Å². The number of aryl methyl sites for hydroxylation is 1. The average Bonchev–Trinajstić information content (AvgIpc) is 3.07. The Balaban J connectivity index is 2.40. The molecule has 1 heterocycles. The van der Waals surface area contributed by atoms with Gasteiger partial charge < -0.3 is 5.73 Å². The van der Waals surface area contributed by atoms with Gasteiger partial charge in [-0.1, -0.05) is 0 Å². The van der Waals surface area contributed by atoms with Gasteiger partial charge in [-0.25, -0.2) is 8.42 Å². The van der Waals surface area contributed by atoms with E-state index in [2.05, 4.69) is 0 Å². The van der Waals surface area contributed by atoms with Crippen LogP contribution >= 0.6 is 11.3 Å². The van der Waals surface area contributed by atoms with Gasteiger partial charge in [0.15, 0.2) is 0 Å². The Morgan fingerprint density at radius 2 is 2.11 bits per heavy atom. The smallest absolute Gasteiger partial charge is 0.244 e. The molecule has 0 unspecified atom stereocenters. The molecule has 6 heteroatoms. The first-order valence-electron chi connectivity index (χ1n) is 6.66. The summed E-state index contributed by atoms with van der Waals surface area (Å²) >= 11 is 1.44. The van der Waals surface area contributed by atoms with Crippen molar-refractivity contribution in [2.45, 2.75) is 51.1 Å². The van der Waals surface area contributed by atoms with Gasteiger partial charge in [-0.3, -0.25) is 0 Å². The lowest BCUT2D eigenvalue weighted by atomic mass is 10.3. The number of hydrogen-bond acceptors (Lipinski definition) is 4. The normalized spacial score (nSPS) is 16.5. The Morgan fingerprint density at radius 1 is 1.47 bits per heavy atom. The van der Waals surface area contributed by atoms with Gasteiger partial charge in [-0.15, -0.1) is 11.3 Å². The zero-order chi connectivity index (χ0) is 14.2. The first-order chi connectivity index (χ1) is 8.87. The lowest BCUT2D eigenvalue weighted by Gasteiger charge is -2.26. The van der Waals surface area contributed by atoms with Crippen molar-refractivity contribution in [3.63, 3.8) is 0 Å². The second-order valence-electron chi connectivity index (χ2n) is 5.49. The van der Waals surface area contributed by atoms with Crippen LogP contribution in [-0.2, 0) is 16.6 Å². The van der Waals surface area contributed by atoms with Gasteiger partial charge in [0.2, 0.25) is 10.0 Å². The van der Waals surface area contributed by atoms with Crippen LogP contribution in [-0.4, -0.2) is 25.3 Å². The van der Waals surface area contributed by atoms with Crippen LogP contribution in [0.3, 0.4) is 0 Å². The first kappa shape index (κ1) is 15.0. The lowest BCUT2D eigenvalue weighted by Crippen LogP contribution is -2.39. The molecule has 1 aromatic rings. The van der Waals surface area contributed by atoms with E-state index >= 15 is 0 Å². The summed E-state index contributed by atoms with van der Waals surface area (Å²) in [6.07, 6.45) is 2.29. The zero-order valence-corrected chi connectivity index (χ0v) is 13.4. The van der Waals surface area contributed by atoms with Crippen molar-refractivity contribution in [2.75, 3.05) is 6.54 Å². The highest BCUT2D eigenvalue weighted by Crippen LogP contribution is 2.35. The van der Waals surface area contributed by atoms with Crippen molar-refractivity contribution in [1.29, 1.82) is 0 Å². The summed E-state index contributed by atoms with van der Waals surface area (Å²) in [4.78, 5) is 1.20. The van der Waals surface area contributed by atoms with E-state index in [-0.39, 0.29) is 12.6 Å². The van der Waals surface area contributed by atoms with E-state index in [1.165, 1.54) is 11.3 Å². The number of rotatable bonds is 6. The Hall–Kier alpha value is -0.430. The Morgan fingerprint density at radius 3 is 2.58 bits per heavy atom. The van der Waals surface area contributed by atoms with Crippen LogP contribution in [0.4, 0.5) is 0 Å². The van der Waals surface area contributed by atoms with Gasteiger partial charge in [0.25, 0.3) is 0 Å². The summed E-state index contributed by atoms with van der Waals surface area (Å²) < 4.78 is 27.4. The van der Waals surface area contributed by atoms with Crippen LogP contribution < -0.4 is 5.73 Å². The molecule has 108 valence electrons. The van der Waals surface area contributed by atoms with Crippen molar-refractivity contribution in [2.24, 2.45) is 11.7 Å². The monoisotopic (exact) mass is 302 g/mol. The molecule has 0 bridgehead atoms. The fourth-order valence-corrected chi connectivity index (χ4v) is 5.60. The van der Waals surface area contributed by atoms with Crippen LogP contribution in [0.5, 0.6) is 0 Å². The molecule has 0 radical (unpaired) electrons. The molecule has 4 nitrogen and oxygen atoms in total. The fraction of sp³-hybridized carbons (Fsp3) is 0.692. The summed E-state index contributed by atoms with van der Waals surface area (Å²) in [6, 6.07) is -0.0180. The molecular weight excluding hydrogens is 280 g/mol. The first-order valence-corrected chi connectivity index (χ1v) is 8.98. The van der Waals surface area contributed by atoms with Gasteiger partial charge in [0, 0.05) is 24.0 Å². The minimum absolute atomic E-state index is 0.0180. The Kier molecular flexibility index (Phi) is 4.35. The molecule has 0 atom stereocenters. The summed E-state index contributed by atoms with van der Waals surface area (Å²) in [5, 5.41) is 1.88.